The molecule has 0 heterocycles. The number of aromatic carboxylic acids is 2. The summed E-state index contributed by atoms with van der Waals surface area (Å²) in [7, 11) is 0. The summed E-state index contributed by atoms with van der Waals surface area (Å²) in [6.07, 6.45) is 0. The SMILES string of the molecule is O=C(O)c1ccccc1C(=O)O.[Na]. The second-order valence-corrected chi connectivity index (χ2v) is 2.16. The van der Waals surface area contributed by atoms with Crippen LogP contribution in [-0.2, 0) is 0 Å². The van der Waals surface area contributed by atoms with E-state index >= 15 is 0 Å². The average molecular weight is 189 g/mol. The Morgan fingerprint density at radius 3 is 1.46 bits per heavy atom. The Labute approximate surface area is 96.5 Å². The smallest absolute Gasteiger partial charge is 0.336 e. The molecule has 0 spiro atoms. The number of carboxylic acids is 2. The molecule has 0 aliphatic rings. The first kappa shape index (κ1) is 12.2. The summed E-state index contributed by atoms with van der Waals surface area (Å²) in [4.78, 5) is 20.9. The summed E-state index contributed by atoms with van der Waals surface area (Å²) in [6, 6.07) is 5.48. The van der Waals surface area contributed by atoms with Crippen LogP contribution in [0.3, 0.4) is 0 Å². The molecule has 4 nitrogen and oxygen atoms in total. The van der Waals surface area contributed by atoms with Gasteiger partial charge >= 0.3 is 11.9 Å². The van der Waals surface area contributed by atoms with Crippen molar-refractivity contribution < 1.29 is 19.8 Å². The maximum Gasteiger partial charge on any atom is 0.336 e. The molecule has 63 valence electrons. The molecule has 1 rings (SSSR count). The van der Waals surface area contributed by atoms with Gasteiger partial charge in [-0.05, 0) is 12.1 Å². The van der Waals surface area contributed by atoms with Crippen LogP contribution in [0.25, 0.3) is 0 Å². The maximum atomic E-state index is 10.5. The fraction of sp³-hybridized carbons (Fsp3) is 0. The number of hydrogen-bond acceptors (Lipinski definition) is 2. The molecule has 0 unspecified atom stereocenters. The first-order valence-electron chi connectivity index (χ1n) is 3.18. The van der Waals surface area contributed by atoms with E-state index in [2.05, 4.69) is 0 Å². The molecule has 0 atom stereocenters. The zero-order valence-corrected chi connectivity index (χ0v) is 9.02. The Morgan fingerprint density at radius 2 is 1.23 bits per heavy atom. The van der Waals surface area contributed by atoms with Crippen molar-refractivity contribution >= 4 is 41.5 Å². The molecule has 1 radical (unpaired) electrons. The van der Waals surface area contributed by atoms with E-state index in [0.29, 0.717) is 0 Å². The number of carboxylic acid groups (broad SMARTS) is 2. The van der Waals surface area contributed by atoms with Gasteiger partial charge in [0.05, 0.1) is 11.1 Å². The van der Waals surface area contributed by atoms with Gasteiger partial charge in [-0.25, -0.2) is 9.59 Å². The van der Waals surface area contributed by atoms with E-state index in [-0.39, 0.29) is 40.7 Å². The van der Waals surface area contributed by atoms with Gasteiger partial charge in [-0.15, -0.1) is 0 Å². The van der Waals surface area contributed by atoms with E-state index in [9.17, 15) is 9.59 Å². The Balaban J connectivity index is 0.00000144. The van der Waals surface area contributed by atoms with Crippen LogP contribution in [0.2, 0.25) is 0 Å². The third-order valence-corrected chi connectivity index (χ3v) is 1.39. The molecule has 0 bridgehead atoms. The second-order valence-electron chi connectivity index (χ2n) is 2.16. The fourth-order valence-corrected chi connectivity index (χ4v) is 0.856. The Bertz CT molecular complexity index is 302. The van der Waals surface area contributed by atoms with E-state index in [4.69, 9.17) is 10.2 Å². The average Bonchev–Trinajstić information content (AvgIpc) is 2.04. The predicted octanol–water partition coefficient (Wildman–Crippen LogP) is 0.702. The summed E-state index contributed by atoms with van der Waals surface area (Å²) >= 11 is 0. The van der Waals surface area contributed by atoms with Gasteiger partial charge in [0.25, 0.3) is 0 Å². The number of carbonyl (C=O) groups is 2. The fourth-order valence-electron chi connectivity index (χ4n) is 0.856. The van der Waals surface area contributed by atoms with Crippen LogP contribution in [0, 0.1) is 0 Å². The molecule has 1 aromatic rings. The van der Waals surface area contributed by atoms with Crippen LogP contribution in [0.1, 0.15) is 20.7 Å². The topological polar surface area (TPSA) is 74.6 Å². The number of rotatable bonds is 2. The third-order valence-electron chi connectivity index (χ3n) is 1.39. The van der Waals surface area contributed by atoms with Gasteiger partial charge in [0.15, 0.2) is 0 Å². The number of hydrogen-bond donors (Lipinski definition) is 2. The molecule has 5 heteroatoms. The molecule has 2 N–H and O–H groups in total. The zero-order chi connectivity index (χ0) is 9.14. The van der Waals surface area contributed by atoms with Crippen molar-refractivity contribution in [2.75, 3.05) is 0 Å². The van der Waals surface area contributed by atoms with Gasteiger partial charge in [-0.3, -0.25) is 0 Å². The van der Waals surface area contributed by atoms with Gasteiger partial charge in [0.2, 0.25) is 0 Å². The van der Waals surface area contributed by atoms with Crippen molar-refractivity contribution in [3.05, 3.63) is 35.4 Å². The van der Waals surface area contributed by atoms with Crippen molar-refractivity contribution in [2.24, 2.45) is 0 Å². The van der Waals surface area contributed by atoms with Crippen molar-refractivity contribution in [3.8, 4) is 0 Å². The Morgan fingerprint density at radius 1 is 0.923 bits per heavy atom. The van der Waals surface area contributed by atoms with Gasteiger partial charge in [-0.1, -0.05) is 12.1 Å². The van der Waals surface area contributed by atoms with E-state index in [1.54, 1.807) is 0 Å². The van der Waals surface area contributed by atoms with Crippen LogP contribution in [0.5, 0.6) is 0 Å². The van der Waals surface area contributed by atoms with Crippen LogP contribution in [0.15, 0.2) is 24.3 Å². The molecular weight excluding hydrogens is 183 g/mol. The van der Waals surface area contributed by atoms with Crippen molar-refractivity contribution in [2.45, 2.75) is 0 Å². The summed E-state index contributed by atoms with van der Waals surface area (Å²) in [5.41, 5.74) is -0.380. The summed E-state index contributed by atoms with van der Waals surface area (Å²) < 4.78 is 0. The quantitative estimate of drug-likeness (QED) is 0.671. The van der Waals surface area contributed by atoms with Gasteiger partial charge in [0.1, 0.15) is 0 Å². The molecular formula is C8H6NaO4. The molecule has 0 saturated heterocycles. The Kier molecular flexibility index (Phi) is 4.69. The van der Waals surface area contributed by atoms with E-state index in [0.717, 1.165) is 0 Å². The third kappa shape index (κ3) is 2.84. The molecule has 0 saturated carbocycles. The predicted molar refractivity (Wildman–Crippen MR) is 46.1 cm³/mol. The molecule has 0 aliphatic carbocycles. The van der Waals surface area contributed by atoms with E-state index < -0.39 is 11.9 Å². The minimum absolute atomic E-state index is 0. The zero-order valence-electron chi connectivity index (χ0n) is 7.02. The minimum atomic E-state index is -1.23. The maximum absolute atomic E-state index is 10.5. The van der Waals surface area contributed by atoms with Gasteiger partial charge in [0, 0.05) is 29.6 Å². The number of benzene rings is 1. The summed E-state index contributed by atoms with van der Waals surface area (Å²) in [5.74, 6) is -2.46. The van der Waals surface area contributed by atoms with Crippen molar-refractivity contribution in [1.82, 2.24) is 0 Å². The first-order valence-corrected chi connectivity index (χ1v) is 3.18. The van der Waals surface area contributed by atoms with E-state index in [1.807, 2.05) is 0 Å². The monoisotopic (exact) mass is 189 g/mol. The molecule has 1 aromatic carbocycles. The van der Waals surface area contributed by atoms with Gasteiger partial charge in [-0.2, -0.15) is 0 Å². The molecule has 0 fully saturated rings. The van der Waals surface area contributed by atoms with Gasteiger partial charge < -0.3 is 10.2 Å². The molecule has 13 heavy (non-hydrogen) atoms. The Hall–Kier alpha value is -0.840. The summed E-state index contributed by atoms with van der Waals surface area (Å²) in [5, 5.41) is 17.1. The molecule has 0 aliphatic heterocycles. The van der Waals surface area contributed by atoms with Crippen LogP contribution >= 0.6 is 0 Å². The van der Waals surface area contributed by atoms with Crippen molar-refractivity contribution in [1.29, 1.82) is 0 Å². The largest absolute Gasteiger partial charge is 0.478 e. The van der Waals surface area contributed by atoms with E-state index in [1.165, 1.54) is 24.3 Å². The minimum Gasteiger partial charge on any atom is -0.478 e. The molecule has 0 aromatic heterocycles. The second kappa shape index (κ2) is 5.01. The first-order chi connectivity index (χ1) is 5.63. The summed E-state index contributed by atoms with van der Waals surface area (Å²) in [6.45, 7) is 0. The van der Waals surface area contributed by atoms with Crippen molar-refractivity contribution in [3.63, 3.8) is 0 Å². The van der Waals surface area contributed by atoms with Crippen LogP contribution in [-0.4, -0.2) is 51.7 Å². The molecule has 0 amide bonds. The van der Waals surface area contributed by atoms with Crippen LogP contribution < -0.4 is 0 Å². The normalized spacial score (nSPS) is 8.62. The van der Waals surface area contributed by atoms with Crippen LogP contribution in [0.4, 0.5) is 0 Å². The standard InChI is InChI=1S/C8H6O4.Na/c9-7(10)5-3-1-2-4-6(5)8(11)12;/h1-4H,(H,9,10)(H,11,12);.